The second-order valence-corrected chi connectivity index (χ2v) is 24.2. The highest BCUT2D eigenvalue weighted by molar-refractivity contribution is 7.66. The number of anilines is 3. The minimum atomic E-state index is -6.21. The van der Waals surface area contributed by atoms with Gasteiger partial charge in [0.2, 0.25) is 17.7 Å². The average Bonchev–Trinajstić information content (AvgIpc) is 4.29. The molecule has 4 aliphatic rings. The summed E-state index contributed by atoms with van der Waals surface area (Å²) in [4.78, 5) is 96.8. The second kappa shape index (κ2) is 20.4. The van der Waals surface area contributed by atoms with Gasteiger partial charge in [0.1, 0.15) is 66.3 Å². The van der Waals surface area contributed by atoms with Crippen molar-refractivity contribution in [1.82, 2.24) is 53.6 Å². The number of hydrogen-bond acceptors (Lipinski definition) is 29. The van der Waals surface area contributed by atoms with Crippen LogP contribution in [-0.2, 0) is 75.7 Å². The molecule has 43 heteroatoms. The number of aliphatic hydroxyl groups excluding tert-OH is 3. The molecule has 0 aliphatic carbocycles. The number of phosphoric ester groups is 3. The van der Waals surface area contributed by atoms with Gasteiger partial charge in [-0.05, 0) is 13.8 Å². The van der Waals surface area contributed by atoms with Crippen molar-refractivity contribution in [3.05, 3.63) is 46.0 Å². The van der Waals surface area contributed by atoms with Crippen molar-refractivity contribution < 1.29 is 108 Å². The number of nitrogens with zero attached hydrogens (tertiary/aromatic N) is 10. The molecule has 6 aromatic heterocycles. The Bertz CT molecular complexity index is 3620. The highest BCUT2D eigenvalue weighted by Gasteiger charge is 2.66. The maximum Gasteiger partial charge on any atom is 0.490 e. The first-order valence-electron chi connectivity index (χ1n) is 22.6. The lowest BCUT2D eigenvalue weighted by atomic mass is 10.0. The number of rotatable bonds is 20. The zero-order valence-electron chi connectivity index (χ0n) is 40.1. The van der Waals surface area contributed by atoms with E-state index in [2.05, 4.69) is 48.5 Å². The normalized spacial score (nSPS) is 31.3. The van der Waals surface area contributed by atoms with Crippen LogP contribution in [0.25, 0.3) is 33.5 Å². The van der Waals surface area contributed by atoms with Gasteiger partial charge in [0.25, 0.3) is 17.1 Å². The maximum absolute atomic E-state index is 14.0. The Kier molecular flexibility index (Phi) is 14.7. The van der Waals surface area contributed by atoms with Gasteiger partial charge in [0.15, 0.2) is 41.4 Å². The number of nitrogen functional groups attached to an aromatic ring is 3. The monoisotopic (exact) mass is 1190 g/mol. The van der Waals surface area contributed by atoms with Crippen molar-refractivity contribution in [3.63, 3.8) is 0 Å². The van der Waals surface area contributed by atoms with Gasteiger partial charge >= 0.3 is 36.9 Å². The molecule has 4 aliphatic heterocycles. The molecule has 7 unspecified atom stereocenters. The first kappa shape index (κ1) is 56.1. The van der Waals surface area contributed by atoms with Crippen molar-refractivity contribution in [2.45, 2.75) is 93.1 Å². The molecule has 0 radical (unpaired) electrons. The van der Waals surface area contributed by atoms with E-state index in [-0.39, 0.29) is 51.2 Å². The Labute approximate surface area is 433 Å². The van der Waals surface area contributed by atoms with Gasteiger partial charge < -0.3 is 75.8 Å². The van der Waals surface area contributed by atoms with Gasteiger partial charge in [-0.15, -0.1) is 0 Å². The van der Waals surface area contributed by atoms with E-state index in [1.165, 1.54) is 33.4 Å². The van der Waals surface area contributed by atoms with Crippen molar-refractivity contribution >= 4 is 82.5 Å². The van der Waals surface area contributed by atoms with Crippen molar-refractivity contribution in [3.8, 4) is 0 Å². The molecule has 39 nitrogen and oxygen atoms in total. The standard InChI is InChI=1S/C35H47N15O24P4/c1-12(2)68-21-14(70-31(20(21)53)49-10-42-16-26(49)43-33(37)45-28(16)54)5-65-75(56,57)72-23-22-32(48-9-41-15-24(36)39-8-40-25(15)48)71-35(23,6-64-22)7-67-77(60,61)74-78(62,63)73-76(58,59)66-4-13-18(51)19(52)30(69-13)50-11-47(3)17-27(50)44-34(38)46-29(17)55/h8-14,18-23,30-32,51-53H,4-7H2,1-3H3,(H11-,36,37,38,39,40,43,44,45,46,54,55,56,57,58,59,60,61,62,63)/p+1/t13-,14-,18+,19?,20?,21+,22?,23-,30-,31-,32-,35-/m1/s1. The third-order valence-electron chi connectivity index (χ3n) is 12.4. The fourth-order valence-electron chi connectivity index (χ4n) is 9.20. The number of fused-ring (bicyclic) bond motifs is 5. The molecular weight excluding hydrogens is 1140 g/mol. The van der Waals surface area contributed by atoms with E-state index in [0.29, 0.717) is 0 Å². The van der Waals surface area contributed by atoms with Crippen LogP contribution in [0.4, 0.5) is 17.7 Å². The molecule has 16 atom stereocenters. The Hall–Kier alpha value is -5.15. The molecule has 6 aromatic rings. The number of aryl methyl sites for hydroxylation is 1. The van der Waals surface area contributed by atoms with Crippen LogP contribution in [0, 0.1) is 0 Å². The van der Waals surface area contributed by atoms with Crippen LogP contribution in [0.1, 0.15) is 32.5 Å². The maximum atomic E-state index is 14.0. The first-order chi connectivity index (χ1) is 36.6. The Balaban J connectivity index is 0.823. The fourth-order valence-corrected chi connectivity index (χ4v) is 13.8. The highest BCUT2D eigenvalue weighted by Crippen LogP contribution is 2.68. The van der Waals surface area contributed by atoms with Gasteiger partial charge in [-0.1, -0.05) is 4.98 Å². The van der Waals surface area contributed by atoms with Crippen LogP contribution in [0.5, 0.6) is 0 Å². The Morgan fingerprint density at radius 2 is 1.42 bits per heavy atom. The van der Waals surface area contributed by atoms with Gasteiger partial charge in [0, 0.05) is 0 Å². The summed E-state index contributed by atoms with van der Waals surface area (Å²) in [6.07, 6.45) is -13.0. The van der Waals surface area contributed by atoms with Gasteiger partial charge in [-0.25, -0.2) is 42.8 Å². The summed E-state index contributed by atoms with van der Waals surface area (Å²) in [6.45, 7) is -0.641. The first-order valence-corrected chi connectivity index (χ1v) is 28.6. The number of nitrogens with two attached hydrogens (primary N) is 3. The van der Waals surface area contributed by atoms with Gasteiger partial charge in [-0.2, -0.15) is 13.6 Å². The summed E-state index contributed by atoms with van der Waals surface area (Å²) >= 11 is 0. The molecule has 10 rings (SSSR count). The number of aromatic nitrogens is 12. The smallest absolute Gasteiger partial charge is 0.387 e. The summed E-state index contributed by atoms with van der Waals surface area (Å²) in [5.41, 5.74) is 13.5. The number of H-pyrrole nitrogens is 2. The molecule has 0 spiro atoms. The largest absolute Gasteiger partial charge is 0.490 e. The van der Waals surface area contributed by atoms with Crippen LogP contribution < -0.4 is 32.9 Å². The molecule has 15 N–H and O–H groups in total. The summed E-state index contributed by atoms with van der Waals surface area (Å²) in [7, 11) is -22.0. The number of phosphoric acid groups is 4. The number of imidazole rings is 3. The molecule has 2 bridgehead atoms. The van der Waals surface area contributed by atoms with E-state index in [0.717, 1.165) is 17.2 Å². The van der Waals surface area contributed by atoms with E-state index < -0.39 is 148 Å². The summed E-state index contributed by atoms with van der Waals surface area (Å²) in [5.74, 6) is -0.651. The third kappa shape index (κ3) is 10.7. The van der Waals surface area contributed by atoms with E-state index in [1.54, 1.807) is 13.8 Å². The molecule has 0 saturated carbocycles. The molecule has 78 heavy (non-hydrogen) atoms. The van der Waals surface area contributed by atoms with E-state index >= 15 is 0 Å². The predicted octanol–water partition coefficient (Wildman–Crippen LogP) is -3.52. The van der Waals surface area contributed by atoms with Crippen LogP contribution >= 0.6 is 31.3 Å². The highest BCUT2D eigenvalue weighted by atomic mass is 31.3. The van der Waals surface area contributed by atoms with E-state index in [9.17, 15) is 62.7 Å². The molecule has 0 aromatic carbocycles. The zero-order chi connectivity index (χ0) is 56.2. The fraction of sp³-hybridized carbons (Fsp3) is 0.571. The lowest BCUT2D eigenvalue weighted by molar-refractivity contribution is -0.745. The summed E-state index contributed by atoms with van der Waals surface area (Å²) in [5, 5.41) is 33.0. The van der Waals surface area contributed by atoms with Gasteiger partial charge in [-0.3, -0.25) is 51.4 Å². The summed E-state index contributed by atoms with van der Waals surface area (Å²) in [6, 6.07) is 0. The Morgan fingerprint density at radius 1 is 0.782 bits per heavy atom. The zero-order valence-corrected chi connectivity index (χ0v) is 43.7. The molecule has 0 amide bonds. The number of aromatic amines is 2. The lowest BCUT2D eigenvalue weighted by Gasteiger charge is -2.32. The number of ether oxygens (including phenoxy) is 5. The minimum absolute atomic E-state index is 0.0191. The van der Waals surface area contributed by atoms with Crippen LogP contribution in [0.2, 0.25) is 0 Å². The average molecular weight is 1190 g/mol. The van der Waals surface area contributed by atoms with E-state index in [4.69, 9.17) is 59.0 Å². The number of nitrogens with one attached hydrogen (secondary N) is 2. The third-order valence-corrected chi connectivity index (χ3v) is 17.6. The molecule has 10 heterocycles. The minimum Gasteiger partial charge on any atom is -0.387 e. The van der Waals surface area contributed by atoms with Crippen molar-refractivity contribution in [2.75, 3.05) is 43.6 Å². The SMILES string of the molecule is CC(C)O[C@@H]1C(O)[C@H](n2cnc3c(=O)[nH]c(N)nc32)O[C@@H]1COP(=O)(O)O[C@@H]1C2OC[C@]1(COP(=O)(O)OP(=O)(O)OP(=O)(O)OC[C@H]1O[C@@H]([n+]3cn(C)c4c(=O)[nH]c(N)nc43)C(O)[C@H]1O)O[C@H]2n1cnc2c(N)ncnc21. The number of aliphatic hydroxyl groups is 3. The molecule has 4 fully saturated rings. The number of hydrogen-bond donors (Lipinski definition) is 12. The van der Waals surface area contributed by atoms with Gasteiger partial charge in [0.05, 0.1) is 52.2 Å². The van der Waals surface area contributed by atoms with Crippen LogP contribution in [0.3, 0.4) is 0 Å². The van der Waals surface area contributed by atoms with Crippen molar-refractivity contribution in [1.29, 1.82) is 0 Å². The topological polar surface area (TPSA) is 551 Å². The summed E-state index contributed by atoms with van der Waals surface area (Å²) < 4.78 is 117. The second-order valence-electron chi connectivity index (χ2n) is 18.1. The quantitative estimate of drug-likeness (QED) is 0.0260. The van der Waals surface area contributed by atoms with Crippen LogP contribution in [-0.4, -0.2) is 175 Å². The predicted molar refractivity (Wildman–Crippen MR) is 251 cm³/mol. The molecular formula is C35H48N15O24P4+. The van der Waals surface area contributed by atoms with Crippen LogP contribution in [0.15, 0.2) is 34.9 Å². The lowest BCUT2D eigenvalue weighted by Crippen LogP contribution is -2.46. The Morgan fingerprint density at radius 3 is 2.14 bits per heavy atom. The molecule has 4 saturated heterocycles. The van der Waals surface area contributed by atoms with E-state index in [1.807, 2.05) is 0 Å². The van der Waals surface area contributed by atoms with Crippen molar-refractivity contribution in [2.24, 2.45) is 7.05 Å². The molecule has 426 valence electrons.